The smallest absolute Gasteiger partial charge is 0.328 e. The number of nitrogens with zero attached hydrogens (tertiary/aromatic N) is 2. The third-order valence-corrected chi connectivity index (χ3v) is 6.90. The Hall–Kier alpha value is -2.55. The van der Waals surface area contributed by atoms with E-state index in [0.717, 1.165) is 37.8 Å². The highest BCUT2D eigenvalue weighted by molar-refractivity contribution is 6.40. The van der Waals surface area contributed by atoms with Gasteiger partial charge in [0.2, 0.25) is 5.22 Å². The van der Waals surface area contributed by atoms with Crippen molar-refractivity contribution in [1.29, 1.82) is 0 Å². The molecule has 1 atom stereocenters. The van der Waals surface area contributed by atoms with E-state index >= 15 is 0 Å². The first-order valence-electron chi connectivity index (χ1n) is 11.4. The van der Waals surface area contributed by atoms with Crippen LogP contribution in [0.2, 0.25) is 10.0 Å². The van der Waals surface area contributed by atoms with Gasteiger partial charge in [0.25, 0.3) is 5.91 Å². The van der Waals surface area contributed by atoms with Gasteiger partial charge in [-0.05, 0) is 56.3 Å². The van der Waals surface area contributed by atoms with Crippen LogP contribution >= 0.6 is 34.8 Å². The number of ether oxygens (including phenoxy) is 2. The van der Waals surface area contributed by atoms with Crippen molar-refractivity contribution in [3.63, 3.8) is 0 Å². The minimum atomic E-state index is -0.691. The molecule has 2 aromatic heterocycles. The van der Waals surface area contributed by atoms with E-state index in [0.29, 0.717) is 16.6 Å². The van der Waals surface area contributed by atoms with E-state index in [9.17, 15) is 9.59 Å². The molecule has 2 aliphatic rings. The number of amides is 1. The monoisotopic (exact) mass is 538 g/mol. The molecule has 0 unspecified atom stereocenters. The number of hydrogen-bond donors (Lipinski definition) is 2. The van der Waals surface area contributed by atoms with Gasteiger partial charge in [0.05, 0.1) is 34.1 Å². The average molecular weight is 540 g/mol. The number of carbonyl (C=O) groups excluding carboxylic acids is 2. The molecule has 1 aliphatic carbocycles. The van der Waals surface area contributed by atoms with Gasteiger partial charge in [0.15, 0.2) is 5.60 Å². The number of aromatic nitrogens is 2. The van der Waals surface area contributed by atoms with Gasteiger partial charge in [-0.1, -0.05) is 29.6 Å². The number of nitrogens with one attached hydrogen (secondary N) is 2. The SMILES string of the molecule is CCOC(=O)[C@H](Cc1ccc(NC(=O)c2c(Cl)cncc2Cl)cn1)NC1=C(Cl)OC12CCCCC2. The summed E-state index contributed by atoms with van der Waals surface area (Å²) < 4.78 is 11.1. The number of esters is 1. The van der Waals surface area contributed by atoms with Gasteiger partial charge in [0, 0.05) is 24.5 Å². The first kappa shape index (κ1) is 25.5. The molecule has 0 radical (unpaired) electrons. The highest BCUT2D eigenvalue weighted by Gasteiger charge is 2.49. The van der Waals surface area contributed by atoms with Gasteiger partial charge in [-0.3, -0.25) is 14.8 Å². The lowest BCUT2D eigenvalue weighted by Crippen LogP contribution is -2.54. The summed E-state index contributed by atoms with van der Waals surface area (Å²) in [4.78, 5) is 33.6. The summed E-state index contributed by atoms with van der Waals surface area (Å²) in [6.45, 7) is 2.01. The summed E-state index contributed by atoms with van der Waals surface area (Å²) in [6, 6.07) is 2.72. The molecule has 1 amide bonds. The Morgan fingerprint density at radius 2 is 1.83 bits per heavy atom. The lowest BCUT2D eigenvalue weighted by atomic mass is 9.80. The van der Waals surface area contributed by atoms with E-state index in [1.165, 1.54) is 18.6 Å². The predicted molar refractivity (Wildman–Crippen MR) is 133 cm³/mol. The molecule has 1 saturated carbocycles. The summed E-state index contributed by atoms with van der Waals surface area (Å²) >= 11 is 18.4. The van der Waals surface area contributed by atoms with E-state index in [-0.39, 0.29) is 28.6 Å². The molecular weight excluding hydrogens is 515 g/mol. The number of rotatable bonds is 8. The Balaban J connectivity index is 1.45. The van der Waals surface area contributed by atoms with Crippen LogP contribution in [0.25, 0.3) is 0 Å². The van der Waals surface area contributed by atoms with E-state index in [1.807, 2.05) is 0 Å². The van der Waals surface area contributed by atoms with E-state index in [1.54, 1.807) is 19.1 Å². The zero-order chi connectivity index (χ0) is 25.0. The van der Waals surface area contributed by atoms with Crippen LogP contribution in [0.4, 0.5) is 5.69 Å². The Bertz CT molecular complexity index is 1110. The van der Waals surface area contributed by atoms with Crippen molar-refractivity contribution in [2.45, 2.75) is 57.1 Å². The molecular formula is C24H25Cl3N4O4. The number of carbonyl (C=O) groups is 2. The zero-order valence-corrected chi connectivity index (χ0v) is 21.3. The first-order chi connectivity index (χ1) is 16.8. The molecule has 2 aromatic rings. The second-order valence-electron chi connectivity index (χ2n) is 8.43. The van der Waals surface area contributed by atoms with Gasteiger partial charge < -0.3 is 20.1 Å². The largest absolute Gasteiger partial charge is 0.468 e. The Kier molecular flexibility index (Phi) is 8.04. The Morgan fingerprint density at radius 3 is 2.43 bits per heavy atom. The number of pyridine rings is 2. The highest BCUT2D eigenvalue weighted by atomic mass is 35.5. The third kappa shape index (κ3) is 5.66. The molecule has 3 heterocycles. The van der Waals surface area contributed by atoms with Crippen LogP contribution < -0.4 is 10.6 Å². The molecule has 11 heteroatoms. The van der Waals surface area contributed by atoms with Crippen LogP contribution in [-0.2, 0) is 20.7 Å². The molecule has 8 nitrogen and oxygen atoms in total. The van der Waals surface area contributed by atoms with Gasteiger partial charge in [0.1, 0.15) is 11.7 Å². The third-order valence-electron chi connectivity index (χ3n) is 6.06. The van der Waals surface area contributed by atoms with Gasteiger partial charge in [-0.15, -0.1) is 0 Å². The molecule has 0 saturated heterocycles. The van der Waals surface area contributed by atoms with Crippen LogP contribution in [0, 0.1) is 0 Å². The van der Waals surface area contributed by atoms with Crippen molar-refractivity contribution >= 4 is 52.4 Å². The quantitative estimate of drug-likeness (QED) is 0.442. The van der Waals surface area contributed by atoms with Crippen molar-refractivity contribution in [1.82, 2.24) is 15.3 Å². The second-order valence-corrected chi connectivity index (χ2v) is 9.59. The minimum Gasteiger partial charge on any atom is -0.468 e. The Labute approximate surface area is 218 Å². The number of hydrogen-bond acceptors (Lipinski definition) is 7. The van der Waals surface area contributed by atoms with Gasteiger partial charge >= 0.3 is 5.97 Å². The molecule has 1 aliphatic heterocycles. The maximum absolute atomic E-state index is 12.7. The summed E-state index contributed by atoms with van der Waals surface area (Å²) in [6.07, 6.45) is 9.42. The summed E-state index contributed by atoms with van der Waals surface area (Å²) in [5.74, 6) is -0.879. The molecule has 35 heavy (non-hydrogen) atoms. The van der Waals surface area contributed by atoms with Crippen LogP contribution in [0.3, 0.4) is 0 Å². The fourth-order valence-corrected chi connectivity index (χ4v) is 5.24. The maximum Gasteiger partial charge on any atom is 0.328 e. The standard InChI is InChI=1S/C24H25Cl3N4O4/c1-2-34-23(33)18(31-20-21(27)35-24(20)8-4-3-5-9-24)10-14-6-7-15(11-29-14)30-22(32)19-16(25)12-28-13-17(19)26/h6-7,11-13,18,31H,2-5,8-10H2,1H3,(H,30,32)/t18-/m0/s1. The van der Waals surface area contributed by atoms with Crippen LogP contribution in [0.15, 0.2) is 41.6 Å². The number of anilines is 1. The number of halogens is 3. The average Bonchev–Trinajstić information content (AvgIpc) is 2.83. The van der Waals surface area contributed by atoms with Crippen molar-refractivity contribution in [3.8, 4) is 0 Å². The van der Waals surface area contributed by atoms with Crippen molar-refractivity contribution < 1.29 is 19.1 Å². The van der Waals surface area contributed by atoms with Crippen molar-refractivity contribution in [2.24, 2.45) is 0 Å². The summed E-state index contributed by atoms with van der Waals surface area (Å²) in [7, 11) is 0. The maximum atomic E-state index is 12.7. The topological polar surface area (TPSA) is 102 Å². The summed E-state index contributed by atoms with van der Waals surface area (Å²) in [5, 5.41) is 6.57. The lowest BCUT2D eigenvalue weighted by molar-refractivity contribution is -0.146. The Morgan fingerprint density at radius 1 is 1.11 bits per heavy atom. The van der Waals surface area contributed by atoms with Crippen molar-refractivity contribution in [3.05, 3.63) is 62.9 Å². The van der Waals surface area contributed by atoms with Crippen LogP contribution in [-0.4, -0.2) is 40.1 Å². The fourth-order valence-electron chi connectivity index (χ4n) is 4.33. The van der Waals surface area contributed by atoms with E-state index < -0.39 is 23.5 Å². The van der Waals surface area contributed by atoms with Crippen LogP contribution in [0.1, 0.15) is 55.1 Å². The highest BCUT2D eigenvalue weighted by Crippen LogP contribution is 2.47. The van der Waals surface area contributed by atoms with E-state index in [4.69, 9.17) is 44.3 Å². The molecule has 4 rings (SSSR count). The van der Waals surface area contributed by atoms with Gasteiger partial charge in [-0.25, -0.2) is 4.79 Å². The van der Waals surface area contributed by atoms with Crippen molar-refractivity contribution in [2.75, 3.05) is 11.9 Å². The van der Waals surface area contributed by atoms with Gasteiger partial charge in [-0.2, -0.15) is 0 Å². The molecule has 2 N–H and O–H groups in total. The molecule has 186 valence electrons. The molecule has 0 aromatic carbocycles. The van der Waals surface area contributed by atoms with Crippen LogP contribution in [0.5, 0.6) is 0 Å². The van der Waals surface area contributed by atoms with E-state index in [2.05, 4.69) is 20.6 Å². The molecule has 1 spiro atoms. The zero-order valence-electron chi connectivity index (χ0n) is 19.1. The first-order valence-corrected chi connectivity index (χ1v) is 12.5. The summed E-state index contributed by atoms with van der Waals surface area (Å²) in [5.41, 5.74) is 1.51. The lowest BCUT2D eigenvalue weighted by Gasteiger charge is -2.47. The second kappa shape index (κ2) is 11.0. The minimum absolute atomic E-state index is 0.128. The molecule has 0 bridgehead atoms. The normalized spacial score (nSPS) is 17.3. The molecule has 1 fully saturated rings. The predicted octanol–water partition coefficient (Wildman–Crippen LogP) is 5.24. The fraction of sp³-hybridized carbons (Fsp3) is 0.417.